The molecule has 0 atom stereocenters. The average molecular weight is 929 g/mol. The maximum atomic E-state index is 11.5. The maximum Gasteiger partial charge on any atom is 0.346 e. The predicted octanol–water partition coefficient (Wildman–Crippen LogP) is 16.3. The number of carbonyl (C=O) groups is 2. The van der Waals surface area contributed by atoms with Crippen LogP contribution >= 0.6 is 0 Å². The number of anilines is 6. The van der Waals surface area contributed by atoms with E-state index in [0.717, 1.165) is 58.1 Å². The van der Waals surface area contributed by atoms with Gasteiger partial charge in [0.15, 0.2) is 0 Å². The van der Waals surface area contributed by atoms with Gasteiger partial charge in [-0.2, -0.15) is 10.5 Å². The Morgan fingerprint density at radius 2 is 0.643 bits per heavy atom. The number of benzene rings is 6. The number of hydrogen-bond acceptors (Lipinski definition) is 6. The Labute approximate surface area is 414 Å². The molecule has 0 unspecified atom stereocenters. The largest absolute Gasteiger partial charge is 0.477 e. The number of aliphatic carboxylic acids is 2. The number of nitriles is 2. The minimum atomic E-state index is -1.30. The first-order valence-corrected chi connectivity index (χ1v) is 24.4. The second-order valence-corrected chi connectivity index (χ2v) is 18.1. The van der Waals surface area contributed by atoms with Crippen molar-refractivity contribution < 1.29 is 19.8 Å². The van der Waals surface area contributed by atoms with E-state index in [0.29, 0.717) is 22.0 Å². The van der Waals surface area contributed by atoms with Crippen molar-refractivity contribution in [3.63, 3.8) is 0 Å². The molecule has 2 N–H and O–H groups in total. The smallest absolute Gasteiger partial charge is 0.346 e. The van der Waals surface area contributed by atoms with Crippen LogP contribution in [-0.2, 0) is 22.4 Å². The fourth-order valence-corrected chi connectivity index (χ4v) is 9.25. The Morgan fingerprint density at radius 1 is 0.414 bits per heavy atom. The lowest BCUT2D eigenvalue weighted by atomic mass is 9.75. The predicted molar refractivity (Wildman–Crippen MR) is 288 cm³/mol. The molecule has 0 aliphatic carbocycles. The van der Waals surface area contributed by atoms with Gasteiger partial charge in [0.25, 0.3) is 0 Å². The van der Waals surface area contributed by atoms with Crippen LogP contribution in [0.15, 0.2) is 157 Å². The Bertz CT molecular complexity index is 2710. The molecule has 8 heteroatoms. The monoisotopic (exact) mass is 928 g/mol. The second-order valence-electron chi connectivity index (χ2n) is 18.1. The first-order valence-electron chi connectivity index (χ1n) is 24.4. The molecule has 6 rings (SSSR count). The third kappa shape index (κ3) is 12.6. The molecule has 70 heavy (non-hydrogen) atoms. The Kier molecular flexibility index (Phi) is 17.5. The van der Waals surface area contributed by atoms with Crippen molar-refractivity contribution in [2.24, 2.45) is 10.8 Å². The molecule has 0 fully saturated rings. The van der Waals surface area contributed by atoms with Gasteiger partial charge in [-0.1, -0.05) is 165 Å². The topological polar surface area (TPSA) is 129 Å². The van der Waals surface area contributed by atoms with Crippen LogP contribution in [0.1, 0.15) is 113 Å². The van der Waals surface area contributed by atoms with Crippen molar-refractivity contribution in [1.82, 2.24) is 0 Å². The summed E-state index contributed by atoms with van der Waals surface area (Å²) >= 11 is 0. The zero-order valence-electron chi connectivity index (χ0n) is 41.3. The van der Waals surface area contributed by atoms with Crippen LogP contribution < -0.4 is 9.80 Å². The molecule has 6 aromatic rings. The van der Waals surface area contributed by atoms with Crippen molar-refractivity contribution in [2.75, 3.05) is 9.80 Å². The highest BCUT2D eigenvalue weighted by Crippen LogP contribution is 2.40. The Hall–Kier alpha value is -7.94. The second kappa shape index (κ2) is 23.9. The van der Waals surface area contributed by atoms with E-state index < -0.39 is 11.9 Å². The first kappa shape index (κ1) is 51.5. The van der Waals surface area contributed by atoms with E-state index in [1.54, 1.807) is 36.4 Å². The third-order valence-electron chi connectivity index (χ3n) is 14.4. The highest BCUT2D eigenvalue weighted by molar-refractivity contribution is 5.97. The van der Waals surface area contributed by atoms with Gasteiger partial charge in [-0.3, -0.25) is 0 Å². The highest BCUT2D eigenvalue weighted by atomic mass is 16.4. The molecule has 0 saturated heterocycles. The van der Waals surface area contributed by atoms with Crippen LogP contribution in [0.5, 0.6) is 0 Å². The number of rotatable bonds is 22. The minimum absolute atomic E-state index is 0.319. The normalized spacial score (nSPS) is 12.1. The van der Waals surface area contributed by atoms with Crippen molar-refractivity contribution >= 4 is 70.4 Å². The van der Waals surface area contributed by atoms with Gasteiger partial charge >= 0.3 is 11.9 Å². The summed E-state index contributed by atoms with van der Waals surface area (Å²) in [6, 6.07) is 52.8. The van der Waals surface area contributed by atoms with Crippen LogP contribution in [0.3, 0.4) is 0 Å². The highest BCUT2D eigenvalue weighted by Gasteiger charge is 2.26. The molecule has 0 spiro atoms. The van der Waals surface area contributed by atoms with Crippen LogP contribution in [0.25, 0.3) is 24.3 Å². The first-order chi connectivity index (χ1) is 33.8. The SMILES string of the molecule is CCC(CC)(CC)Cc1ccc(N(c2ccc(C=Cc3ccc(N(c4ccc(/C=C(/C#N)C(=O)O)cc4)c4ccc(/C=C(/C#N)C(=O)O)cc4)cc3)cc2)c2ccc(CC(CC)(CC)CC)cc2)cc1. The number of hydrogen-bond donors (Lipinski definition) is 2. The molecule has 8 nitrogen and oxygen atoms in total. The van der Waals surface area contributed by atoms with Crippen LogP contribution in [-0.4, -0.2) is 22.2 Å². The number of carboxylic acid groups (broad SMARTS) is 2. The fraction of sp³-hybridized carbons (Fsp3) is 0.258. The van der Waals surface area contributed by atoms with E-state index in [4.69, 9.17) is 0 Å². The molecule has 0 aliphatic rings. The van der Waals surface area contributed by atoms with Gasteiger partial charge in [-0.15, -0.1) is 0 Å². The van der Waals surface area contributed by atoms with E-state index in [-0.39, 0.29) is 11.1 Å². The Morgan fingerprint density at radius 3 is 0.857 bits per heavy atom. The van der Waals surface area contributed by atoms with E-state index >= 15 is 0 Å². The van der Waals surface area contributed by atoms with Crippen LogP contribution in [0.4, 0.5) is 34.1 Å². The molecule has 0 amide bonds. The summed E-state index contributed by atoms with van der Waals surface area (Å²) in [5.74, 6) is -2.60. The molecule has 0 bridgehead atoms. The Balaban J connectivity index is 1.28. The van der Waals surface area contributed by atoms with Crippen molar-refractivity contribution in [2.45, 2.75) is 92.9 Å². The molecular weight excluding hydrogens is 865 g/mol. The molecule has 0 heterocycles. The summed E-state index contributed by atoms with van der Waals surface area (Å²) in [6.45, 7) is 13.9. The van der Waals surface area contributed by atoms with Gasteiger partial charge in [-0.25, -0.2) is 9.59 Å². The van der Waals surface area contributed by atoms with Crippen LogP contribution in [0, 0.1) is 33.5 Å². The van der Waals surface area contributed by atoms with Crippen LogP contribution in [0.2, 0.25) is 0 Å². The van der Waals surface area contributed by atoms with Crippen molar-refractivity contribution in [1.29, 1.82) is 10.5 Å². The third-order valence-corrected chi connectivity index (χ3v) is 14.4. The zero-order valence-corrected chi connectivity index (χ0v) is 41.3. The van der Waals surface area contributed by atoms with Crippen molar-refractivity contribution in [3.8, 4) is 12.1 Å². The summed E-state index contributed by atoms with van der Waals surface area (Å²) < 4.78 is 0. The van der Waals surface area contributed by atoms with E-state index in [2.05, 4.69) is 131 Å². The maximum absolute atomic E-state index is 11.5. The lowest BCUT2D eigenvalue weighted by Crippen LogP contribution is -2.21. The van der Waals surface area contributed by atoms with Gasteiger partial charge in [-0.05, 0) is 142 Å². The van der Waals surface area contributed by atoms with E-state index in [1.165, 1.54) is 61.8 Å². The molecular formula is C62H64N4O4. The molecule has 0 aromatic heterocycles. The van der Waals surface area contributed by atoms with Gasteiger partial charge in [0.05, 0.1) is 0 Å². The quantitative estimate of drug-likeness (QED) is 0.0391. The molecule has 0 saturated carbocycles. The molecule has 356 valence electrons. The average Bonchev–Trinajstić information content (AvgIpc) is 3.40. The molecule has 0 radical (unpaired) electrons. The van der Waals surface area contributed by atoms with E-state index in [9.17, 15) is 30.3 Å². The fourth-order valence-electron chi connectivity index (χ4n) is 9.25. The summed E-state index contributed by atoms with van der Waals surface area (Å²) in [5, 5.41) is 37.3. The van der Waals surface area contributed by atoms with Gasteiger partial charge in [0, 0.05) is 34.1 Å². The lowest BCUT2D eigenvalue weighted by Gasteiger charge is -2.31. The summed E-state index contributed by atoms with van der Waals surface area (Å²) in [5.41, 5.74) is 11.5. The minimum Gasteiger partial charge on any atom is -0.477 e. The summed E-state index contributed by atoms with van der Waals surface area (Å²) in [4.78, 5) is 27.3. The van der Waals surface area contributed by atoms with Gasteiger partial charge in [0.2, 0.25) is 0 Å². The molecule has 0 aliphatic heterocycles. The number of carboxylic acids is 2. The van der Waals surface area contributed by atoms with Gasteiger partial charge < -0.3 is 20.0 Å². The van der Waals surface area contributed by atoms with Crippen molar-refractivity contribution in [3.05, 3.63) is 190 Å². The lowest BCUT2D eigenvalue weighted by molar-refractivity contribution is -0.133. The number of nitrogens with zero attached hydrogens (tertiary/aromatic N) is 4. The van der Waals surface area contributed by atoms with Gasteiger partial charge in [0.1, 0.15) is 23.3 Å². The molecule has 6 aromatic carbocycles. The van der Waals surface area contributed by atoms with E-state index in [1.807, 2.05) is 53.4 Å². The summed E-state index contributed by atoms with van der Waals surface area (Å²) in [6.07, 6.45) is 16.0. The zero-order chi connectivity index (χ0) is 50.3. The summed E-state index contributed by atoms with van der Waals surface area (Å²) in [7, 11) is 0. The standard InChI is InChI=1S/C62H64N4O4/c1-7-61(8-2,9-3)41-49-23-35-57(36-24-49)66(58-37-25-50(26-38-58)42-62(10-4,11-5)12-6)54-29-17-46(18-30-54)14-13-45-15-27-53(28-16-45)65(55-31-19-47(20-32-55)39-51(43-63)59(67)68)56-33-21-48(22-34-56)40-52(44-64)60(69)70/h13-40H,7-12,41-42H2,1-6H3,(H,67,68)(H,69,70)/b14-13?,51-39-,52-40-.